The van der Waals surface area contributed by atoms with E-state index in [9.17, 15) is 14.0 Å². The highest BCUT2D eigenvalue weighted by atomic mass is 19.1. The van der Waals surface area contributed by atoms with Crippen LogP contribution in [-0.4, -0.2) is 44.8 Å². The molecule has 2 amide bonds. The van der Waals surface area contributed by atoms with Crippen molar-refractivity contribution < 1.29 is 18.4 Å². The molecule has 10 heteroatoms. The van der Waals surface area contributed by atoms with E-state index >= 15 is 4.39 Å². The highest BCUT2D eigenvalue weighted by Gasteiger charge is 2.43. The zero-order valence-corrected chi connectivity index (χ0v) is 17.6. The Morgan fingerprint density at radius 3 is 2.78 bits per heavy atom. The topological polar surface area (TPSA) is 95.4 Å². The van der Waals surface area contributed by atoms with Crippen LogP contribution in [0.3, 0.4) is 0 Å². The Hall–Kier alpha value is -3.82. The highest BCUT2D eigenvalue weighted by Crippen LogP contribution is 2.40. The summed E-state index contributed by atoms with van der Waals surface area (Å²) in [6, 6.07) is 5.28. The van der Waals surface area contributed by atoms with Gasteiger partial charge in [-0.2, -0.15) is 10.2 Å². The molecule has 2 atom stereocenters. The van der Waals surface area contributed by atoms with Gasteiger partial charge in [-0.3, -0.25) is 14.7 Å². The molecule has 3 aromatic heterocycles. The maximum absolute atomic E-state index is 15.4. The first-order valence-electron chi connectivity index (χ1n) is 10.1. The van der Waals surface area contributed by atoms with Gasteiger partial charge in [0.1, 0.15) is 11.9 Å². The van der Waals surface area contributed by atoms with E-state index in [0.29, 0.717) is 33.4 Å². The monoisotopic (exact) mass is 438 g/mol. The Kier molecular flexibility index (Phi) is 4.47. The van der Waals surface area contributed by atoms with Crippen molar-refractivity contribution in [2.75, 3.05) is 17.3 Å². The summed E-state index contributed by atoms with van der Waals surface area (Å²) in [6.07, 6.45) is 2.46. The molecule has 1 aliphatic carbocycles. The Bertz CT molecular complexity index is 1410. The minimum absolute atomic E-state index is 0.146. The molecule has 32 heavy (non-hydrogen) atoms. The molecule has 3 heterocycles. The molecule has 1 aromatic carbocycles. The Morgan fingerprint density at radius 1 is 1.34 bits per heavy atom. The summed E-state index contributed by atoms with van der Waals surface area (Å²) in [7, 11) is 1.51. The van der Waals surface area contributed by atoms with Crippen molar-refractivity contribution in [2.24, 2.45) is 5.92 Å². The first-order valence-corrected chi connectivity index (χ1v) is 10.1. The van der Waals surface area contributed by atoms with Gasteiger partial charge in [0.2, 0.25) is 11.8 Å². The van der Waals surface area contributed by atoms with Crippen LogP contribution in [0.25, 0.3) is 27.5 Å². The lowest BCUT2D eigenvalue weighted by atomic mass is 9.95. The molecule has 164 valence electrons. The number of rotatable bonds is 4. The molecule has 5 rings (SSSR count). The smallest absolute Gasteiger partial charge is 0.231 e. The highest BCUT2D eigenvalue weighted by molar-refractivity contribution is 6.07. The van der Waals surface area contributed by atoms with Crippen molar-refractivity contribution in [3.8, 4) is 11.1 Å². The van der Waals surface area contributed by atoms with E-state index in [1.54, 1.807) is 36.0 Å². The second-order valence-electron chi connectivity index (χ2n) is 8.06. The maximum Gasteiger partial charge on any atom is 0.231 e. The van der Waals surface area contributed by atoms with Gasteiger partial charge < -0.3 is 10.2 Å². The van der Waals surface area contributed by atoms with Crippen LogP contribution in [0.5, 0.6) is 0 Å². The van der Waals surface area contributed by atoms with Gasteiger partial charge in [0.05, 0.1) is 23.1 Å². The number of H-pyrrole nitrogens is 1. The second-order valence-corrected chi connectivity index (χ2v) is 8.06. The van der Waals surface area contributed by atoms with Crippen LogP contribution in [0.15, 0.2) is 30.6 Å². The van der Waals surface area contributed by atoms with E-state index in [2.05, 4.69) is 20.6 Å². The number of amides is 2. The van der Waals surface area contributed by atoms with E-state index in [-0.39, 0.29) is 23.9 Å². The van der Waals surface area contributed by atoms with E-state index in [4.69, 9.17) is 0 Å². The molecule has 2 N–H and O–H groups in total. The van der Waals surface area contributed by atoms with Crippen molar-refractivity contribution in [3.05, 3.63) is 42.0 Å². The first-order chi connectivity index (χ1) is 15.3. The summed E-state index contributed by atoms with van der Waals surface area (Å²) in [5.41, 5.74) is 2.98. The molecule has 2 unspecified atom stereocenters. The van der Waals surface area contributed by atoms with Crippen LogP contribution in [0, 0.1) is 18.7 Å². The van der Waals surface area contributed by atoms with Crippen LogP contribution < -0.4 is 10.2 Å². The zero-order chi connectivity index (χ0) is 22.7. The third-order valence-corrected chi connectivity index (χ3v) is 5.92. The number of nitrogens with one attached hydrogen (secondary N) is 2. The summed E-state index contributed by atoms with van der Waals surface area (Å²) in [5.74, 6) is -1.49. The van der Waals surface area contributed by atoms with Gasteiger partial charge in [-0.15, -0.1) is 0 Å². The molecule has 1 aliphatic rings. The van der Waals surface area contributed by atoms with Gasteiger partial charge in [0.25, 0.3) is 0 Å². The molecule has 0 aliphatic heterocycles. The molecular formula is C22H20F2N6O2. The number of carbonyl (C=O) groups excluding carboxylic acids is 2. The number of aromatic amines is 1. The van der Waals surface area contributed by atoms with Crippen LogP contribution in [-0.2, 0) is 9.59 Å². The number of anilines is 2. The lowest BCUT2D eigenvalue weighted by Crippen LogP contribution is -2.24. The largest absolute Gasteiger partial charge is 0.311 e. The number of hydrogen-bond donors (Lipinski definition) is 2. The zero-order valence-electron chi connectivity index (χ0n) is 17.6. The average molecular weight is 438 g/mol. The quantitative estimate of drug-likeness (QED) is 0.509. The number of carbonyl (C=O) groups is 2. The van der Waals surface area contributed by atoms with Crippen LogP contribution in [0.1, 0.15) is 18.9 Å². The number of benzene rings is 1. The van der Waals surface area contributed by atoms with Crippen molar-refractivity contribution in [2.45, 2.75) is 26.4 Å². The fourth-order valence-electron chi connectivity index (χ4n) is 3.96. The van der Waals surface area contributed by atoms with Crippen LogP contribution in [0.2, 0.25) is 0 Å². The van der Waals surface area contributed by atoms with Gasteiger partial charge in [-0.1, -0.05) is 0 Å². The average Bonchev–Trinajstić information content (AvgIpc) is 3.11. The summed E-state index contributed by atoms with van der Waals surface area (Å²) in [5, 5.41) is 14.5. The Balaban J connectivity index is 1.59. The molecule has 0 spiro atoms. The number of nitrogens with zero attached hydrogens (tertiary/aromatic N) is 4. The Labute approximate surface area is 181 Å². The molecule has 8 nitrogen and oxygen atoms in total. The van der Waals surface area contributed by atoms with Crippen molar-refractivity contribution in [1.29, 1.82) is 0 Å². The lowest BCUT2D eigenvalue weighted by molar-refractivity contribution is -0.118. The predicted octanol–water partition coefficient (Wildman–Crippen LogP) is 3.60. The molecule has 0 saturated heterocycles. The van der Waals surface area contributed by atoms with Gasteiger partial charge in [0, 0.05) is 31.6 Å². The molecule has 4 aromatic rings. The fourth-order valence-corrected chi connectivity index (χ4v) is 3.96. The number of fused-ring (bicyclic) bond motifs is 2. The van der Waals surface area contributed by atoms with E-state index < -0.39 is 17.9 Å². The predicted molar refractivity (Wildman–Crippen MR) is 116 cm³/mol. The number of hydrogen-bond acceptors (Lipinski definition) is 4. The van der Waals surface area contributed by atoms with Gasteiger partial charge in [0.15, 0.2) is 11.6 Å². The molecular weight excluding hydrogens is 418 g/mol. The second kappa shape index (κ2) is 7.11. The molecule has 0 bridgehead atoms. The summed E-state index contributed by atoms with van der Waals surface area (Å²) in [4.78, 5) is 25.1. The van der Waals surface area contributed by atoms with Gasteiger partial charge in [-0.25, -0.2) is 13.3 Å². The number of halogens is 2. The molecule has 1 fully saturated rings. The summed E-state index contributed by atoms with van der Waals surface area (Å²) >= 11 is 0. The third-order valence-electron chi connectivity index (χ3n) is 5.92. The van der Waals surface area contributed by atoms with Gasteiger partial charge >= 0.3 is 0 Å². The van der Waals surface area contributed by atoms with E-state index in [1.165, 1.54) is 18.9 Å². The SMILES string of the molecule is CC(=O)N(C)c1c(F)c(C)c(-c2ccn3nc(NC(=O)C4CC4F)cc3c2)c2cn[nH]c12. The third kappa shape index (κ3) is 3.10. The molecule has 0 radical (unpaired) electrons. The summed E-state index contributed by atoms with van der Waals surface area (Å²) < 4.78 is 30.1. The van der Waals surface area contributed by atoms with E-state index in [0.717, 1.165) is 5.56 Å². The van der Waals surface area contributed by atoms with Gasteiger partial charge in [-0.05, 0) is 42.2 Å². The van der Waals surface area contributed by atoms with Crippen molar-refractivity contribution >= 4 is 39.7 Å². The van der Waals surface area contributed by atoms with E-state index in [1.807, 2.05) is 6.07 Å². The Morgan fingerprint density at radius 2 is 2.09 bits per heavy atom. The van der Waals surface area contributed by atoms with Crippen molar-refractivity contribution in [3.63, 3.8) is 0 Å². The van der Waals surface area contributed by atoms with Crippen LogP contribution >= 0.6 is 0 Å². The van der Waals surface area contributed by atoms with Crippen LogP contribution in [0.4, 0.5) is 20.3 Å². The minimum Gasteiger partial charge on any atom is -0.311 e. The summed E-state index contributed by atoms with van der Waals surface area (Å²) in [6.45, 7) is 3.02. The number of aromatic nitrogens is 4. The maximum atomic E-state index is 15.4. The fraction of sp³-hybridized carbons (Fsp3) is 0.273. The standard InChI is InChI=1S/C22H20F2N6O2/c1-10-18(15-9-25-27-20(15)21(19(10)24)29(3)11(2)31)12-4-5-30-13(6-12)7-17(28-30)26-22(32)14-8-16(14)23/h4-7,9,14,16H,8H2,1-3H3,(H,25,27)(H,26,28,32). The number of alkyl halides is 1. The number of pyridine rings is 1. The minimum atomic E-state index is -1.08. The normalized spacial score (nSPS) is 17.7. The first kappa shape index (κ1) is 20.1. The lowest BCUT2D eigenvalue weighted by Gasteiger charge is -2.20. The molecule has 1 saturated carbocycles. The van der Waals surface area contributed by atoms with Crippen molar-refractivity contribution in [1.82, 2.24) is 19.8 Å².